The molecule has 0 saturated carbocycles. The molecular weight excluding hydrogens is 256 g/mol. The summed E-state index contributed by atoms with van der Waals surface area (Å²) in [6.45, 7) is 3.30. The van der Waals surface area contributed by atoms with Crippen molar-refractivity contribution < 1.29 is 4.79 Å². The van der Waals surface area contributed by atoms with E-state index in [1.54, 1.807) is 18.6 Å². The van der Waals surface area contributed by atoms with Crippen molar-refractivity contribution in [2.24, 2.45) is 7.05 Å². The third-order valence-electron chi connectivity index (χ3n) is 2.81. The highest BCUT2D eigenvalue weighted by molar-refractivity contribution is 5.93. The Morgan fingerprint density at radius 2 is 2.30 bits per heavy atom. The quantitative estimate of drug-likeness (QED) is 0.806. The molecular formula is C13H18N6O. The smallest absolute Gasteiger partial charge is 0.269 e. The Balaban J connectivity index is 1.88. The van der Waals surface area contributed by atoms with Crippen molar-refractivity contribution in [2.45, 2.75) is 13.3 Å². The standard InChI is InChI=1S/C13H18N6O/c1-3-14-10-4-6-15-11(8-10)13(20)16-7-5-12-18-17-9-19(12)2/h4,6,8-9H,3,5,7H2,1-2H3,(H,14,15)(H,16,20). The van der Waals surface area contributed by atoms with Crippen molar-refractivity contribution in [3.63, 3.8) is 0 Å². The van der Waals surface area contributed by atoms with E-state index in [1.807, 2.05) is 24.6 Å². The Hall–Kier alpha value is -2.44. The molecule has 2 rings (SSSR count). The lowest BCUT2D eigenvalue weighted by Crippen LogP contribution is -2.27. The number of hydrogen-bond acceptors (Lipinski definition) is 5. The van der Waals surface area contributed by atoms with E-state index < -0.39 is 0 Å². The highest BCUT2D eigenvalue weighted by atomic mass is 16.1. The second-order valence-corrected chi connectivity index (χ2v) is 4.32. The molecule has 2 heterocycles. The van der Waals surface area contributed by atoms with Gasteiger partial charge in [-0.05, 0) is 19.1 Å². The number of rotatable bonds is 6. The van der Waals surface area contributed by atoms with Crippen LogP contribution in [0.25, 0.3) is 0 Å². The van der Waals surface area contributed by atoms with Gasteiger partial charge in [0.1, 0.15) is 17.8 Å². The average molecular weight is 274 g/mol. The first kappa shape index (κ1) is 14.0. The van der Waals surface area contributed by atoms with Crippen LogP contribution in [0.15, 0.2) is 24.7 Å². The van der Waals surface area contributed by atoms with Gasteiger partial charge in [-0.2, -0.15) is 0 Å². The van der Waals surface area contributed by atoms with Gasteiger partial charge in [-0.1, -0.05) is 0 Å². The molecule has 0 atom stereocenters. The molecule has 0 fully saturated rings. The van der Waals surface area contributed by atoms with Crippen LogP contribution in [0.4, 0.5) is 5.69 Å². The minimum absolute atomic E-state index is 0.188. The molecule has 0 radical (unpaired) electrons. The van der Waals surface area contributed by atoms with Gasteiger partial charge in [-0.15, -0.1) is 10.2 Å². The van der Waals surface area contributed by atoms with Gasteiger partial charge < -0.3 is 15.2 Å². The average Bonchev–Trinajstić information content (AvgIpc) is 2.85. The Bertz CT molecular complexity index is 580. The first-order valence-electron chi connectivity index (χ1n) is 6.51. The maximum absolute atomic E-state index is 12.0. The van der Waals surface area contributed by atoms with E-state index in [4.69, 9.17) is 0 Å². The minimum atomic E-state index is -0.188. The van der Waals surface area contributed by atoms with Crippen LogP contribution >= 0.6 is 0 Å². The van der Waals surface area contributed by atoms with Crippen LogP contribution in [0.2, 0.25) is 0 Å². The molecule has 106 valence electrons. The van der Waals surface area contributed by atoms with Crippen LogP contribution < -0.4 is 10.6 Å². The maximum Gasteiger partial charge on any atom is 0.269 e. The zero-order chi connectivity index (χ0) is 14.4. The van der Waals surface area contributed by atoms with E-state index >= 15 is 0 Å². The maximum atomic E-state index is 12.0. The molecule has 0 aromatic carbocycles. The van der Waals surface area contributed by atoms with E-state index in [1.165, 1.54) is 0 Å². The zero-order valence-corrected chi connectivity index (χ0v) is 11.6. The lowest BCUT2D eigenvalue weighted by molar-refractivity contribution is 0.0949. The SMILES string of the molecule is CCNc1ccnc(C(=O)NCCc2nncn2C)c1. The Kier molecular flexibility index (Phi) is 4.65. The van der Waals surface area contributed by atoms with Gasteiger partial charge in [0.15, 0.2) is 0 Å². The molecule has 7 heteroatoms. The van der Waals surface area contributed by atoms with E-state index in [2.05, 4.69) is 25.8 Å². The predicted molar refractivity (Wildman–Crippen MR) is 75.4 cm³/mol. The number of pyridine rings is 1. The summed E-state index contributed by atoms with van der Waals surface area (Å²) in [6.07, 6.45) is 3.89. The first-order valence-corrected chi connectivity index (χ1v) is 6.51. The number of nitrogens with one attached hydrogen (secondary N) is 2. The summed E-state index contributed by atoms with van der Waals surface area (Å²) < 4.78 is 1.83. The summed E-state index contributed by atoms with van der Waals surface area (Å²) in [4.78, 5) is 16.0. The summed E-state index contributed by atoms with van der Waals surface area (Å²) in [5.41, 5.74) is 1.29. The highest BCUT2D eigenvalue weighted by Gasteiger charge is 2.08. The molecule has 1 amide bonds. The predicted octanol–water partition coefficient (Wildman–Crippen LogP) is 0.614. The third-order valence-corrected chi connectivity index (χ3v) is 2.81. The lowest BCUT2D eigenvalue weighted by Gasteiger charge is -2.07. The van der Waals surface area contributed by atoms with E-state index in [-0.39, 0.29) is 5.91 Å². The number of carbonyl (C=O) groups excluding carboxylic acids is 1. The normalized spacial score (nSPS) is 10.3. The van der Waals surface area contributed by atoms with Crippen LogP contribution in [-0.2, 0) is 13.5 Å². The molecule has 0 aliphatic rings. The number of carbonyl (C=O) groups is 1. The summed E-state index contributed by atoms with van der Waals surface area (Å²) in [6, 6.07) is 3.57. The highest BCUT2D eigenvalue weighted by Crippen LogP contribution is 2.07. The van der Waals surface area contributed by atoms with E-state index in [0.29, 0.717) is 18.7 Å². The molecule has 0 aliphatic carbocycles. The van der Waals surface area contributed by atoms with Crippen molar-refractivity contribution in [1.82, 2.24) is 25.1 Å². The van der Waals surface area contributed by atoms with Crippen LogP contribution in [0, 0.1) is 0 Å². The number of aryl methyl sites for hydroxylation is 1. The largest absolute Gasteiger partial charge is 0.385 e. The minimum Gasteiger partial charge on any atom is -0.385 e. The van der Waals surface area contributed by atoms with Gasteiger partial charge in [0.25, 0.3) is 5.91 Å². The Labute approximate surface area is 117 Å². The molecule has 2 N–H and O–H groups in total. The van der Waals surface area contributed by atoms with Crippen molar-refractivity contribution in [1.29, 1.82) is 0 Å². The van der Waals surface area contributed by atoms with Gasteiger partial charge in [-0.3, -0.25) is 9.78 Å². The van der Waals surface area contributed by atoms with Gasteiger partial charge in [-0.25, -0.2) is 0 Å². The van der Waals surface area contributed by atoms with Crippen molar-refractivity contribution >= 4 is 11.6 Å². The molecule has 2 aromatic rings. The van der Waals surface area contributed by atoms with Gasteiger partial charge >= 0.3 is 0 Å². The fourth-order valence-electron chi connectivity index (χ4n) is 1.78. The van der Waals surface area contributed by atoms with Crippen LogP contribution in [0.1, 0.15) is 23.2 Å². The number of aromatic nitrogens is 4. The summed E-state index contributed by atoms with van der Waals surface area (Å²) in [5.74, 6) is 0.645. The van der Waals surface area contributed by atoms with Gasteiger partial charge in [0.05, 0.1) is 0 Å². The molecule has 2 aromatic heterocycles. The number of amides is 1. The number of anilines is 1. The monoisotopic (exact) mass is 274 g/mol. The molecule has 0 unspecified atom stereocenters. The summed E-state index contributed by atoms with van der Waals surface area (Å²) >= 11 is 0. The Morgan fingerprint density at radius 1 is 1.45 bits per heavy atom. The van der Waals surface area contributed by atoms with Crippen LogP contribution in [0.5, 0.6) is 0 Å². The molecule has 0 bridgehead atoms. The second-order valence-electron chi connectivity index (χ2n) is 4.32. The fraction of sp³-hybridized carbons (Fsp3) is 0.385. The molecule has 7 nitrogen and oxygen atoms in total. The van der Waals surface area contributed by atoms with Crippen molar-refractivity contribution in [2.75, 3.05) is 18.4 Å². The second kappa shape index (κ2) is 6.65. The van der Waals surface area contributed by atoms with Gasteiger partial charge in [0.2, 0.25) is 0 Å². The number of hydrogen-bond donors (Lipinski definition) is 2. The topological polar surface area (TPSA) is 84.7 Å². The van der Waals surface area contributed by atoms with Crippen LogP contribution in [-0.4, -0.2) is 38.7 Å². The van der Waals surface area contributed by atoms with Crippen molar-refractivity contribution in [3.05, 3.63) is 36.2 Å². The summed E-state index contributed by atoms with van der Waals surface area (Å²) in [7, 11) is 1.87. The molecule has 0 aliphatic heterocycles. The molecule has 0 spiro atoms. The van der Waals surface area contributed by atoms with Gasteiger partial charge in [0, 0.05) is 38.4 Å². The fourth-order valence-corrected chi connectivity index (χ4v) is 1.78. The molecule has 0 saturated heterocycles. The van der Waals surface area contributed by atoms with E-state index in [9.17, 15) is 4.79 Å². The molecule has 20 heavy (non-hydrogen) atoms. The first-order chi connectivity index (χ1) is 9.70. The van der Waals surface area contributed by atoms with Crippen LogP contribution in [0.3, 0.4) is 0 Å². The number of nitrogens with zero attached hydrogens (tertiary/aromatic N) is 4. The third kappa shape index (κ3) is 3.53. The van der Waals surface area contributed by atoms with E-state index in [0.717, 1.165) is 18.1 Å². The summed E-state index contributed by atoms with van der Waals surface area (Å²) in [5, 5.41) is 13.7. The Morgan fingerprint density at radius 3 is 3.00 bits per heavy atom. The van der Waals surface area contributed by atoms with Crippen molar-refractivity contribution in [3.8, 4) is 0 Å². The lowest BCUT2D eigenvalue weighted by atomic mass is 10.3. The zero-order valence-electron chi connectivity index (χ0n) is 11.6.